The van der Waals surface area contributed by atoms with E-state index in [2.05, 4.69) is 9.97 Å². The summed E-state index contributed by atoms with van der Waals surface area (Å²) in [5, 5.41) is 0. The van der Waals surface area contributed by atoms with Gasteiger partial charge in [-0.1, -0.05) is 0 Å². The van der Waals surface area contributed by atoms with Crippen molar-refractivity contribution in [3.8, 4) is 0 Å². The Kier molecular flexibility index (Phi) is 2.88. The van der Waals surface area contributed by atoms with Gasteiger partial charge in [0.15, 0.2) is 0 Å². The molecule has 0 aromatic carbocycles. The Morgan fingerprint density at radius 1 is 1.42 bits per heavy atom. The highest BCUT2D eigenvalue weighted by atomic mass is 32.2. The number of aromatic nitrogens is 2. The molecule has 0 radical (unpaired) electrons. The lowest BCUT2D eigenvalue weighted by molar-refractivity contribution is 0.534. The zero-order chi connectivity index (χ0) is 9.14. The molecule has 5 heteroatoms. The lowest BCUT2D eigenvalue weighted by atomic mass is 10.3. The summed E-state index contributed by atoms with van der Waals surface area (Å²) in [7, 11) is 0. The first-order valence-electron chi connectivity index (χ1n) is 3.45. The number of hydrogen-bond acceptors (Lipinski definition) is 4. The van der Waals surface area contributed by atoms with E-state index >= 15 is 0 Å². The molecule has 0 aliphatic carbocycles. The van der Waals surface area contributed by atoms with Gasteiger partial charge < -0.3 is 4.55 Å². The summed E-state index contributed by atoms with van der Waals surface area (Å²) in [6, 6.07) is 1.80. The summed E-state index contributed by atoms with van der Waals surface area (Å²) in [5.41, 5.74) is 1.59. The van der Waals surface area contributed by atoms with Crippen LogP contribution < -0.4 is 0 Å². The first-order valence-corrected chi connectivity index (χ1v) is 4.69. The van der Waals surface area contributed by atoms with Crippen molar-refractivity contribution in [2.24, 2.45) is 0 Å². The quantitative estimate of drug-likeness (QED) is 0.628. The number of rotatable bonds is 2. The Morgan fingerprint density at radius 2 is 1.92 bits per heavy atom. The van der Waals surface area contributed by atoms with Crippen LogP contribution in [0, 0.1) is 13.8 Å². The molecule has 66 valence electrons. The molecule has 0 saturated carbocycles. The van der Waals surface area contributed by atoms with Crippen LogP contribution in [0.5, 0.6) is 0 Å². The van der Waals surface area contributed by atoms with Crippen LogP contribution in [0.4, 0.5) is 0 Å². The van der Waals surface area contributed by atoms with Gasteiger partial charge in [0.2, 0.25) is 0 Å². The zero-order valence-electron chi connectivity index (χ0n) is 6.90. The van der Waals surface area contributed by atoms with Gasteiger partial charge in [0, 0.05) is 11.4 Å². The zero-order valence-corrected chi connectivity index (χ0v) is 7.72. The van der Waals surface area contributed by atoms with Crippen molar-refractivity contribution >= 4 is 11.1 Å². The molecule has 0 aliphatic rings. The van der Waals surface area contributed by atoms with Crippen LogP contribution in [0.1, 0.15) is 17.2 Å². The molecule has 1 rings (SSSR count). The highest BCUT2D eigenvalue weighted by Crippen LogP contribution is 2.00. The van der Waals surface area contributed by atoms with E-state index in [1.165, 1.54) is 0 Å². The van der Waals surface area contributed by atoms with Crippen LogP contribution in [-0.2, 0) is 16.8 Å². The average molecular weight is 185 g/mol. The second-order valence-corrected chi connectivity index (χ2v) is 3.41. The van der Waals surface area contributed by atoms with Crippen molar-refractivity contribution in [1.82, 2.24) is 9.97 Å². The van der Waals surface area contributed by atoms with E-state index in [1.54, 1.807) is 6.07 Å². The second kappa shape index (κ2) is 3.73. The molecule has 4 nitrogen and oxygen atoms in total. The van der Waals surface area contributed by atoms with E-state index in [0.717, 1.165) is 11.4 Å². The largest absolute Gasteiger partial charge is 0.772 e. The van der Waals surface area contributed by atoms with Crippen molar-refractivity contribution in [1.29, 1.82) is 0 Å². The SMILES string of the molecule is Cc1cc(C)nc(CS(=O)[O-])n1. The number of aryl methyl sites for hydroxylation is 2. The molecule has 0 bridgehead atoms. The first kappa shape index (κ1) is 9.28. The van der Waals surface area contributed by atoms with E-state index in [9.17, 15) is 8.76 Å². The third-order valence-electron chi connectivity index (χ3n) is 1.28. The fourth-order valence-electron chi connectivity index (χ4n) is 0.969. The number of nitrogens with zero attached hydrogens (tertiary/aromatic N) is 2. The summed E-state index contributed by atoms with van der Waals surface area (Å²) >= 11 is -2.11. The second-order valence-electron chi connectivity index (χ2n) is 2.52. The van der Waals surface area contributed by atoms with Gasteiger partial charge >= 0.3 is 0 Å². The van der Waals surface area contributed by atoms with Gasteiger partial charge in [0.1, 0.15) is 5.82 Å². The normalized spacial score (nSPS) is 12.9. The maximum absolute atomic E-state index is 10.3. The van der Waals surface area contributed by atoms with E-state index in [0.29, 0.717) is 5.82 Å². The molecule has 1 atom stereocenters. The Labute approximate surface area is 73.3 Å². The maximum Gasteiger partial charge on any atom is 0.140 e. The van der Waals surface area contributed by atoms with Gasteiger partial charge in [-0.25, -0.2) is 9.97 Å². The molecule has 1 aromatic heterocycles. The molecule has 0 aliphatic heterocycles. The fourth-order valence-corrected chi connectivity index (χ4v) is 1.31. The van der Waals surface area contributed by atoms with Gasteiger partial charge in [-0.15, -0.1) is 0 Å². The predicted molar refractivity (Wildman–Crippen MR) is 44.1 cm³/mol. The molecule has 0 N–H and O–H groups in total. The Bertz CT molecular complexity index is 294. The number of hydrogen-bond donors (Lipinski definition) is 0. The van der Waals surface area contributed by atoms with Crippen LogP contribution >= 0.6 is 0 Å². The minimum Gasteiger partial charge on any atom is -0.772 e. The molecular formula is C7H9N2O2S-. The van der Waals surface area contributed by atoms with Crippen molar-refractivity contribution in [3.63, 3.8) is 0 Å². The van der Waals surface area contributed by atoms with Crippen molar-refractivity contribution in [3.05, 3.63) is 23.3 Å². The lowest BCUT2D eigenvalue weighted by Gasteiger charge is -2.04. The Hall–Kier alpha value is -0.810. The predicted octanol–water partition coefficient (Wildman–Crippen LogP) is 0.473. The fraction of sp³-hybridized carbons (Fsp3) is 0.429. The van der Waals surface area contributed by atoms with Crippen LogP contribution in [0.25, 0.3) is 0 Å². The molecule has 1 aromatic rings. The van der Waals surface area contributed by atoms with E-state index in [-0.39, 0.29) is 5.75 Å². The molecule has 0 saturated heterocycles. The highest BCUT2D eigenvalue weighted by Gasteiger charge is 1.98. The molecule has 1 heterocycles. The molecule has 1 unspecified atom stereocenters. The van der Waals surface area contributed by atoms with Gasteiger partial charge in [0.05, 0.1) is 5.75 Å². The highest BCUT2D eigenvalue weighted by molar-refractivity contribution is 7.78. The van der Waals surface area contributed by atoms with Crippen LogP contribution in [0.15, 0.2) is 6.07 Å². The third-order valence-corrected chi connectivity index (χ3v) is 1.77. The van der Waals surface area contributed by atoms with Crippen LogP contribution in [-0.4, -0.2) is 18.7 Å². The van der Waals surface area contributed by atoms with Crippen LogP contribution in [0.2, 0.25) is 0 Å². The van der Waals surface area contributed by atoms with Crippen molar-refractivity contribution < 1.29 is 8.76 Å². The molecule has 0 spiro atoms. The van der Waals surface area contributed by atoms with Crippen LogP contribution in [0.3, 0.4) is 0 Å². The molecule has 0 amide bonds. The minimum absolute atomic E-state index is 0.109. The lowest BCUT2D eigenvalue weighted by Crippen LogP contribution is -2.02. The van der Waals surface area contributed by atoms with Gasteiger partial charge in [-0.05, 0) is 31.0 Å². The third kappa shape index (κ3) is 2.67. The summed E-state index contributed by atoms with van der Waals surface area (Å²) in [6.07, 6.45) is 0. The maximum atomic E-state index is 10.3. The smallest absolute Gasteiger partial charge is 0.140 e. The monoisotopic (exact) mass is 185 g/mol. The Morgan fingerprint density at radius 3 is 2.33 bits per heavy atom. The molecule has 12 heavy (non-hydrogen) atoms. The summed E-state index contributed by atoms with van der Waals surface area (Å²) in [5.74, 6) is 0.253. The average Bonchev–Trinajstić information content (AvgIpc) is 1.81. The van der Waals surface area contributed by atoms with Gasteiger partial charge in [-0.2, -0.15) is 0 Å². The summed E-state index contributed by atoms with van der Waals surface area (Å²) in [6.45, 7) is 3.62. The van der Waals surface area contributed by atoms with Crippen molar-refractivity contribution in [2.75, 3.05) is 0 Å². The van der Waals surface area contributed by atoms with E-state index in [1.807, 2.05) is 13.8 Å². The molecule has 0 fully saturated rings. The Balaban J connectivity index is 2.93. The topological polar surface area (TPSA) is 65.9 Å². The summed E-state index contributed by atoms with van der Waals surface area (Å²) in [4.78, 5) is 7.94. The van der Waals surface area contributed by atoms with Crippen molar-refractivity contribution in [2.45, 2.75) is 19.6 Å². The van der Waals surface area contributed by atoms with Gasteiger partial charge in [0.25, 0.3) is 0 Å². The van der Waals surface area contributed by atoms with Gasteiger partial charge in [-0.3, -0.25) is 4.21 Å². The standard InChI is InChI=1S/C7H10N2O2S/c1-5-3-6(2)9-7(8-5)4-12(10)11/h3H,4H2,1-2H3,(H,10,11)/p-1. The minimum atomic E-state index is -2.11. The summed E-state index contributed by atoms with van der Waals surface area (Å²) < 4.78 is 20.6. The molecular weight excluding hydrogens is 176 g/mol. The van der Waals surface area contributed by atoms with E-state index < -0.39 is 11.1 Å². The first-order chi connectivity index (χ1) is 5.58. The van der Waals surface area contributed by atoms with E-state index in [4.69, 9.17) is 0 Å².